The van der Waals surface area contributed by atoms with E-state index in [-0.39, 0.29) is 25.3 Å². The predicted octanol–water partition coefficient (Wildman–Crippen LogP) is 7.11. The molecule has 4 rings (SSSR count). The number of nitrogens with zero attached hydrogens (tertiary/aromatic N) is 5. The molecule has 4 aromatic rings. The van der Waals surface area contributed by atoms with Crippen molar-refractivity contribution in [1.82, 2.24) is 15.6 Å². The smallest absolute Gasteiger partial charge is 0.416 e. The number of anilines is 1. The second kappa shape index (κ2) is 28.5. The number of unbranched alkanes of at least 4 members (excludes halogenated alkanes) is 1. The number of carbonyl (C=O) groups is 4. The number of fused-ring (bicyclic) bond motifs is 1. The molecule has 1 atom stereocenters. The molecule has 350 valence electrons. The van der Waals surface area contributed by atoms with Gasteiger partial charge in [-0.3, -0.25) is 19.3 Å². The molecule has 65 heavy (non-hydrogen) atoms. The van der Waals surface area contributed by atoms with Crippen LogP contribution in [0.25, 0.3) is 32.3 Å². The third-order valence-electron chi connectivity index (χ3n) is 9.46. The second-order valence-electron chi connectivity index (χ2n) is 15.5. The molecule has 0 saturated heterocycles. The van der Waals surface area contributed by atoms with E-state index in [1.807, 2.05) is 60.7 Å². The zero-order valence-corrected chi connectivity index (χ0v) is 37.7. The van der Waals surface area contributed by atoms with Gasteiger partial charge in [0.25, 0.3) is 0 Å². The molecule has 18 nitrogen and oxygen atoms in total. The van der Waals surface area contributed by atoms with Gasteiger partial charge in [0.2, 0.25) is 11.8 Å². The van der Waals surface area contributed by atoms with Gasteiger partial charge in [-0.2, -0.15) is 0 Å². The zero-order valence-electron chi connectivity index (χ0n) is 37.7. The SMILES string of the molecule is COC(=O)C[C@H](NC(=O)CNC(=O)CCCCN(C(=O)OC(C)(C)C)c1ccccn1)c1ccc(-c2ccc(OCCOCCOCCOCCOCCN=[N+]=[N-])c3ccccc23)cc1. The first-order valence-electron chi connectivity index (χ1n) is 21.6. The molecule has 0 unspecified atom stereocenters. The molecule has 1 heterocycles. The Morgan fingerprint density at radius 2 is 1.42 bits per heavy atom. The van der Waals surface area contributed by atoms with E-state index in [0.29, 0.717) is 96.8 Å². The molecule has 1 aromatic heterocycles. The summed E-state index contributed by atoms with van der Waals surface area (Å²) in [4.78, 5) is 59.5. The van der Waals surface area contributed by atoms with Crippen molar-refractivity contribution in [2.24, 2.45) is 5.11 Å². The monoisotopic (exact) mass is 899 g/mol. The van der Waals surface area contributed by atoms with Gasteiger partial charge in [-0.15, -0.1) is 0 Å². The van der Waals surface area contributed by atoms with Crippen LogP contribution in [0.3, 0.4) is 0 Å². The summed E-state index contributed by atoms with van der Waals surface area (Å²) in [6.07, 6.45) is 2.04. The highest BCUT2D eigenvalue weighted by Gasteiger charge is 2.24. The number of methoxy groups -OCH3 is 1. The maximum absolute atomic E-state index is 13.1. The molecule has 0 aliphatic heterocycles. The van der Waals surface area contributed by atoms with E-state index in [1.54, 1.807) is 45.2 Å². The van der Waals surface area contributed by atoms with Crippen LogP contribution in [-0.4, -0.2) is 121 Å². The van der Waals surface area contributed by atoms with Gasteiger partial charge in [0.05, 0.1) is 79.0 Å². The van der Waals surface area contributed by atoms with Crippen molar-refractivity contribution in [3.8, 4) is 16.9 Å². The number of azide groups is 1. The maximum atomic E-state index is 13.1. The molecular formula is C47H61N7O11. The summed E-state index contributed by atoms with van der Waals surface area (Å²) in [6, 6.07) is 24.0. The van der Waals surface area contributed by atoms with Gasteiger partial charge in [-0.05, 0) is 79.4 Å². The second-order valence-corrected chi connectivity index (χ2v) is 15.5. The number of pyridine rings is 1. The van der Waals surface area contributed by atoms with Crippen molar-refractivity contribution in [2.45, 2.75) is 58.1 Å². The lowest BCUT2D eigenvalue weighted by atomic mass is 9.95. The average Bonchev–Trinajstić information content (AvgIpc) is 3.30. The number of hydrogen-bond donors (Lipinski definition) is 2. The Morgan fingerprint density at radius 3 is 2.05 bits per heavy atom. The van der Waals surface area contributed by atoms with Gasteiger partial charge >= 0.3 is 12.1 Å². The summed E-state index contributed by atoms with van der Waals surface area (Å²) in [5.74, 6) is -0.127. The molecule has 0 aliphatic rings. The standard InChI is InChI=1S/C47H61N7O11/c1-47(2,3)65-46(58)54(42-13-7-9-21-49-42)23-10-8-14-43(55)50-34-44(56)52-40(33-45(57)59-4)36-17-15-35(16-18-36)37-19-20-41(39-12-6-5-11-38(37)39)64-32-31-63-30-29-62-28-27-61-26-25-60-24-22-51-53-48/h5-7,9,11-13,15-21,40H,8,10,14,22-34H2,1-4H3,(H,50,55)(H,52,56)/t40-/m0/s1. The minimum atomic E-state index is -0.707. The molecule has 0 radical (unpaired) electrons. The maximum Gasteiger partial charge on any atom is 0.416 e. The van der Waals surface area contributed by atoms with Gasteiger partial charge in [-0.1, -0.05) is 65.8 Å². The Hall–Kier alpha value is -6.30. The highest BCUT2D eigenvalue weighted by Crippen LogP contribution is 2.35. The number of aromatic nitrogens is 1. The lowest BCUT2D eigenvalue weighted by Gasteiger charge is -2.26. The quantitative estimate of drug-likeness (QED) is 0.0183. The van der Waals surface area contributed by atoms with Crippen LogP contribution in [0.2, 0.25) is 0 Å². The molecule has 0 bridgehead atoms. The van der Waals surface area contributed by atoms with E-state index in [1.165, 1.54) is 12.0 Å². The average molecular weight is 900 g/mol. The molecule has 0 saturated carbocycles. The van der Waals surface area contributed by atoms with Crippen LogP contribution in [0, 0.1) is 0 Å². The Morgan fingerprint density at radius 1 is 0.769 bits per heavy atom. The number of nitrogens with one attached hydrogen (secondary N) is 2. The Kier molecular flexibility index (Phi) is 22.5. The molecule has 0 spiro atoms. The Labute approximate surface area is 379 Å². The summed E-state index contributed by atoms with van der Waals surface area (Å²) in [6.45, 7) is 9.32. The highest BCUT2D eigenvalue weighted by atomic mass is 16.6. The number of ether oxygens (including phenoxy) is 7. The third-order valence-corrected chi connectivity index (χ3v) is 9.46. The van der Waals surface area contributed by atoms with Crippen molar-refractivity contribution in [3.05, 3.63) is 101 Å². The van der Waals surface area contributed by atoms with E-state index in [4.69, 9.17) is 38.7 Å². The minimum Gasteiger partial charge on any atom is -0.491 e. The van der Waals surface area contributed by atoms with Gasteiger partial charge in [0, 0.05) is 36.0 Å². The fourth-order valence-electron chi connectivity index (χ4n) is 6.37. The molecular weight excluding hydrogens is 839 g/mol. The summed E-state index contributed by atoms with van der Waals surface area (Å²) in [5, 5.41) is 10.8. The van der Waals surface area contributed by atoms with Crippen molar-refractivity contribution >= 4 is 40.5 Å². The number of esters is 1. The number of benzene rings is 3. The predicted molar refractivity (Wildman–Crippen MR) is 244 cm³/mol. The van der Waals surface area contributed by atoms with Gasteiger partial charge in [-0.25, -0.2) is 9.78 Å². The number of amides is 3. The van der Waals surface area contributed by atoms with E-state index < -0.39 is 29.6 Å². The molecule has 2 N–H and O–H groups in total. The molecule has 3 aromatic carbocycles. The number of carbonyl (C=O) groups excluding carboxylic acids is 4. The molecule has 18 heteroatoms. The third kappa shape index (κ3) is 19.1. The first kappa shape index (κ1) is 51.3. The summed E-state index contributed by atoms with van der Waals surface area (Å²) >= 11 is 0. The van der Waals surface area contributed by atoms with E-state index >= 15 is 0 Å². The van der Waals surface area contributed by atoms with E-state index in [2.05, 4.69) is 25.6 Å². The summed E-state index contributed by atoms with van der Waals surface area (Å²) < 4.78 is 38.5. The first-order valence-corrected chi connectivity index (χ1v) is 21.6. The lowest BCUT2D eigenvalue weighted by Crippen LogP contribution is -2.39. The van der Waals surface area contributed by atoms with Gasteiger partial charge in [0.15, 0.2) is 0 Å². The van der Waals surface area contributed by atoms with Crippen LogP contribution in [0.4, 0.5) is 10.6 Å². The van der Waals surface area contributed by atoms with Crippen molar-refractivity contribution in [2.75, 3.05) is 91.1 Å². The molecule has 0 aliphatic carbocycles. The van der Waals surface area contributed by atoms with Crippen LogP contribution in [0.1, 0.15) is 58.1 Å². The van der Waals surface area contributed by atoms with Crippen molar-refractivity contribution in [3.63, 3.8) is 0 Å². The fraction of sp³-hybridized carbons (Fsp3) is 0.468. The van der Waals surface area contributed by atoms with Crippen molar-refractivity contribution in [1.29, 1.82) is 0 Å². The van der Waals surface area contributed by atoms with Crippen LogP contribution in [-0.2, 0) is 42.8 Å². The topological polar surface area (TPSA) is 222 Å². The normalized spacial score (nSPS) is 11.6. The lowest BCUT2D eigenvalue weighted by molar-refractivity contribution is -0.141. The van der Waals surface area contributed by atoms with Crippen molar-refractivity contribution < 1.29 is 52.3 Å². The van der Waals surface area contributed by atoms with E-state index in [0.717, 1.165) is 27.6 Å². The summed E-state index contributed by atoms with van der Waals surface area (Å²) in [5.41, 5.74) is 10.1. The Balaban J connectivity index is 1.22. The highest BCUT2D eigenvalue weighted by molar-refractivity contribution is 6.00. The van der Waals surface area contributed by atoms with Gasteiger partial charge in [0.1, 0.15) is 23.8 Å². The van der Waals surface area contributed by atoms with Crippen LogP contribution < -0.4 is 20.3 Å². The first-order chi connectivity index (χ1) is 31.5. The minimum absolute atomic E-state index is 0.110. The fourth-order valence-corrected chi connectivity index (χ4v) is 6.37. The molecule has 3 amide bonds. The van der Waals surface area contributed by atoms with Crippen LogP contribution >= 0.6 is 0 Å². The van der Waals surface area contributed by atoms with Crippen LogP contribution in [0.5, 0.6) is 5.75 Å². The number of rotatable bonds is 29. The van der Waals surface area contributed by atoms with Crippen LogP contribution in [0.15, 0.2) is 90.2 Å². The number of hydrogen-bond acceptors (Lipinski definition) is 13. The van der Waals surface area contributed by atoms with Gasteiger partial charge < -0.3 is 43.8 Å². The van der Waals surface area contributed by atoms with E-state index in [9.17, 15) is 19.2 Å². The molecule has 0 fully saturated rings. The summed E-state index contributed by atoms with van der Waals surface area (Å²) in [7, 11) is 1.29. The zero-order chi connectivity index (χ0) is 46.7. The Bertz CT molecular complexity index is 2130. The largest absolute Gasteiger partial charge is 0.491 e.